The zero-order valence-corrected chi connectivity index (χ0v) is 11.6. The number of carbonyl (C=O) groups excluding carboxylic acids is 1. The van der Waals surface area contributed by atoms with Crippen LogP contribution in [0.2, 0.25) is 0 Å². The summed E-state index contributed by atoms with van der Waals surface area (Å²) in [5.41, 5.74) is 7.18. The molecule has 21 heavy (non-hydrogen) atoms. The zero-order chi connectivity index (χ0) is 14.7. The van der Waals surface area contributed by atoms with Gasteiger partial charge in [0.15, 0.2) is 0 Å². The van der Waals surface area contributed by atoms with Gasteiger partial charge in [-0.25, -0.2) is 4.68 Å². The number of ether oxygens (including phenoxy) is 1. The first-order valence-corrected chi connectivity index (χ1v) is 7.03. The van der Waals surface area contributed by atoms with E-state index in [2.05, 4.69) is 10.4 Å². The van der Waals surface area contributed by atoms with Crippen LogP contribution in [0.3, 0.4) is 0 Å². The molecule has 2 heterocycles. The molecule has 0 radical (unpaired) electrons. The molecule has 1 aromatic heterocycles. The predicted molar refractivity (Wildman–Crippen MR) is 79.1 cm³/mol. The van der Waals surface area contributed by atoms with Gasteiger partial charge in [-0.3, -0.25) is 4.79 Å². The monoisotopic (exact) mass is 286 g/mol. The Morgan fingerprint density at radius 1 is 1.43 bits per heavy atom. The molecule has 3 N–H and O–H groups in total. The molecule has 6 heteroatoms. The van der Waals surface area contributed by atoms with Crippen molar-refractivity contribution in [2.75, 3.05) is 11.9 Å². The van der Waals surface area contributed by atoms with E-state index in [-0.39, 0.29) is 12.0 Å². The number of rotatable bonds is 4. The van der Waals surface area contributed by atoms with E-state index in [1.165, 1.54) is 0 Å². The first-order chi connectivity index (χ1) is 10.3. The van der Waals surface area contributed by atoms with Crippen LogP contribution < -0.4 is 11.1 Å². The molecule has 1 aliphatic heterocycles. The lowest BCUT2D eigenvalue weighted by atomic mass is 10.2. The van der Waals surface area contributed by atoms with E-state index in [4.69, 9.17) is 10.5 Å². The quantitative estimate of drug-likeness (QED) is 0.888. The highest BCUT2D eigenvalue weighted by Gasteiger charge is 2.29. The highest BCUT2D eigenvalue weighted by atomic mass is 16.5. The van der Waals surface area contributed by atoms with Crippen LogP contribution in [0.15, 0.2) is 42.7 Å². The first-order valence-electron chi connectivity index (χ1n) is 7.03. The number of anilines is 1. The molecule has 1 aromatic carbocycles. The largest absolute Gasteiger partial charge is 0.364 e. The molecule has 0 unspecified atom stereocenters. The Kier molecular flexibility index (Phi) is 3.98. The smallest absolute Gasteiger partial charge is 0.253 e. The van der Waals surface area contributed by atoms with E-state index < -0.39 is 6.10 Å². The SMILES string of the molecule is NC[C@H]1CC[C@@H](C(=O)Nc2cccc(-n3cccn3)c2)O1. The molecule has 0 aliphatic carbocycles. The van der Waals surface area contributed by atoms with E-state index in [0.717, 1.165) is 17.8 Å². The van der Waals surface area contributed by atoms with E-state index in [0.29, 0.717) is 13.0 Å². The average molecular weight is 286 g/mol. The lowest BCUT2D eigenvalue weighted by molar-refractivity contribution is -0.126. The van der Waals surface area contributed by atoms with Crippen molar-refractivity contribution >= 4 is 11.6 Å². The van der Waals surface area contributed by atoms with Crippen LogP contribution in [-0.2, 0) is 9.53 Å². The van der Waals surface area contributed by atoms with Crippen molar-refractivity contribution < 1.29 is 9.53 Å². The Morgan fingerprint density at radius 3 is 3.05 bits per heavy atom. The Balaban J connectivity index is 1.68. The molecule has 0 bridgehead atoms. The summed E-state index contributed by atoms with van der Waals surface area (Å²) in [5.74, 6) is -0.122. The van der Waals surface area contributed by atoms with Crippen LogP contribution in [0.4, 0.5) is 5.69 Å². The molecule has 110 valence electrons. The minimum absolute atomic E-state index is 0.00356. The van der Waals surface area contributed by atoms with Gasteiger partial charge in [0.2, 0.25) is 0 Å². The van der Waals surface area contributed by atoms with Gasteiger partial charge in [-0.1, -0.05) is 6.07 Å². The number of hydrogen-bond acceptors (Lipinski definition) is 4. The molecule has 2 aromatic rings. The predicted octanol–water partition coefficient (Wildman–Crippen LogP) is 1.32. The lowest BCUT2D eigenvalue weighted by Crippen LogP contribution is -2.29. The molecule has 2 atom stereocenters. The second kappa shape index (κ2) is 6.07. The molecule has 3 rings (SSSR count). The van der Waals surface area contributed by atoms with Gasteiger partial charge in [0.05, 0.1) is 11.8 Å². The minimum atomic E-state index is -0.410. The summed E-state index contributed by atoms with van der Waals surface area (Å²) in [5, 5.41) is 7.06. The van der Waals surface area contributed by atoms with Gasteiger partial charge in [-0.2, -0.15) is 5.10 Å². The van der Waals surface area contributed by atoms with Gasteiger partial charge in [0.1, 0.15) is 6.10 Å². The Labute approximate surface area is 122 Å². The van der Waals surface area contributed by atoms with Crippen molar-refractivity contribution in [3.05, 3.63) is 42.7 Å². The fraction of sp³-hybridized carbons (Fsp3) is 0.333. The standard InChI is InChI=1S/C15H18N4O2/c16-10-13-5-6-14(21-13)15(20)18-11-3-1-4-12(9-11)19-8-2-7-17-19/h1-4,7-9,13-14H,5-6,10,16H2,(H,18,20)/t13-,14+/m1/s1. The molecular formula is C15H18N4O2. The van der Waals surface area contributed by atoms with Crippen molar-refractivity contribution in [2.24, 2.45) is 5.73 Å². The fourth-order valence-electron chi connectivity index (χ4n) is 2.44. The maximum absolute atomic E-state index is 12.2. The van der Waals surface area contributed by atoms with Gasteiger partial charge in [-0.05, 0) is 37.1 Å². The van der Waals surface area contributed by atoms with Gasteiger partial charge in [0, 0.05) is 24.6 Å². The Hall–Kier alpha value is -2.18. The first kappa shape index (κ1) is 13.8. The number of nitrogens with zero attached hydrogens (tertiary/aromatic N) is 2. The van der Waals surface area contributed by atoms with Crippen molar-refractivity contribution in [3.8, 4) is 5.69 Å². The number of benzene rings is 1. The third kappa shape index (κ3) is 3.12. The maximum Gasteiger partial charge on any atom is 0.253 e. The molecule has 1 fully saturated rings. The summed E-state index contributed by atoms with van der Waals surface area (Å²) < 4.78 is 7.33. The summed E-state index contributed by atoms with van der Waals surface area (Å²) in [6.07, 6.45) is 4.70. The third-order valence-electron chi connectivity index (χ3n) is 3.55. The van der Waals surface area contributed by atoms with Gasteiger partial charge in [0.25, 0.3) is 5.91 Å². The molecule has 1 saturated heterocycles. The third-order valence-corrected chi connectivity index (χ3v) is 3.55. The number of nitrogens with one attached hydrogen (secondary N) is 1. The van der Waals surface area contributed by atoms with Crippen LogP contribution >= 0.6 is 0 Å². The molecule has 1 aliphatic rings. The Bertz CT molecular complexity index is 612. The van der Waals surface area contributed by atoms with E-state index in [1.54, 1.807) is 10.9 Å². The highest BCUT2D eigenvalue weighted by molar-refractivity contribution is 5.94. The second-order valence-corrected chi connectivity index (χ2v) is 5.05. The number of amides is 1. The van der Waals surface area contributed by atoms with E-state index in [9.17, 15) is 4.79 Å². The molecular weight excluding hydrogens is 268 g/mol. The van der Waals surface area contributed by atoms with Crippen molar-refractivity contribution in [1.82, 2.24) is 9.78 Å². The minimum Gasteiger partial charge on any atom is -0.364 e. The molecule has 1 amide bonds. The van der Waals surface area contributed by atoms with Crippen molar-refractivity contribution in [2.45, 2.75) is 25.0 Å². The summed E-state index contributed by atoms with van der Waals surface area (Å²) in [6, 6.07) is 9.38. The number of hydrogen-bond donors (Lipinski definition) is 2. The average Bonchev–Trinajstić information content (AvgIpc) is 3.19. The highest BCUT2D eigenvalue weighted by Crippen LogP contribution is 2.21. The van der Waals surface area contributed by atoms with Crippen LogP contribution in [0.5, 0.6) is 0 Å². The summed E-state index contributed by atoms with van der Waals surface area (Å²) >= 11 is 0. The van der Waals surface area contributed by atoms with E-state index in [1.807, 2.05) is 36.5 Å². The fourth-order valence-corrected chi connectivity index (χ4v) is 2.44. The van der Waals surface area contributed by atoms with Gasteiger partial charge < -0.3 is 15.8 Å². The van der Waals surface area contributed by atoms with Crippen LogP contribution in [0.25, 0.3) is 5.69 Å². The summed E-state index contributed by atoms with van der Waals surface area (Å²) in [7, 11) is 0. The number of carbonyl (C=O) groups is 1. The van der Waals surface area contributed by atoms with Gasteiger partial charge in [-0.15, -0.1) is 0 Å². The summed E-state index contributed by atoms with van der Waals surface area (Å²) in [4.78, 5) is 12.2. The van der Waals surface area contributed by atoms with Crippen LogP contribution in [0, 0.1) is 0 Å². The number of nitrogens with two attached hydrogens (primary N) is 1. The topological polar surface area (TPSA) is 82.2 Å². The van der Waals surface area contributed by atoms with Crippen molar-refractivity contribution in [3.63, 3.8) is 0 Å². The van der Waals surface area contributed by atoms with Gasteiger partial charge >= 0.3 is 0 Å². The van der Waals surface area contributed by atoms with Crippen LogP contribution in [0.1, 0.15) is 12.8 Å². The van der Waals surface area contributed by atoms with Crippen LogP contribution in [-0.4, -0.2) is 34.4 Å². The number of aromatic nitrogens is 2. The zero-order valence-electron chi connectivity index (χ0n) is 11.6. The van der Waals surface area contributed by atoms with E-state index >= 15 is 0 Å². The Morgan fingerprint density at radius 2 is 2.33 bits per heavy atom. The molecule has 6 nitrogen and oxygen atoms in total. The maximum atomic E-state index is 12.2. The molecule has 0 spiro atoms. The second-order valence-electron chi connectivity index (χ2n) is 5.05. The normalized spacial score (nSPS) is 21.4. The molecule has 0 saturated carbocycles. The summed E-state index contributed by atoms with van der Waals surface area (Å²) in [6.45, 7) is 0.457. The lowest BCUT2D eigenvalue weighted by Gasteiger charge is -2.13. The van der Waals surface area contributed by atoms with Crippen molar-refractivity contribution in [1.29, 1.82) is 0 Å².